The number of para-hydroxylation sites is 1. The summed E-state index contributed by atoms with van der Waals surface area (Å²) in [4.78, 5) is 20.7. The topological polar surface area (TPSA) is 52.1 Å². The zero-order valence-corrected chi connectivity index (χ0v) is 12.4. The van der Waals surface area contributed by atoms with Crippen LogP contribution in [-0.4, -0.2) is 15.9 Å². The van der Waals surface area contributed by atoms with Gasteiger partial charge in [-0.15, -0.1) is 11.3 Å². The number of carbonyl (C=O) groups excluding carboxylic acids is 1. The van der Waals surface area contributed by atoms with E-state index in [0.717, 1.165) is 28.0 Å². The van der Waals surface area contributed by atoms with Crippen molar-refractivity contribution in [2.75, 3.05) is 0 Å². The predicted molar refractivity (Wildman–Crippen MR) is 82.4 cm³/mol. The average molecular weight is 298 g/mol. The number of pyridine rings is 1. The van der Waals surface area contributed by atoms with Crippen LogP contribution in [0.1, 0.15) is 28.1 Å². The summed E-state index contributed by atoms with van der Waals surface area (Å²) in [6.07, 6.45) is 0.894. The highest BCUT2D eigenvalue weighted by Gasteiger charge is 2.11. The predicted octanol–water partition coefficient (Wildman–Crippen LogP) is 3.61. The number of rotatable bonds is 4. The van der Waals surface area contributed by atoms with Gasteiger partial charge in [0.2, 0.25) is 0 Å². The Kier molecular flexibility index (Phi) is 3.92. The summed E-state index contributed by atoms with van der Waals surface area (Å²) in [5.74, 6) is -0.424. The molecular formula is C16H14N2O2S. The first-order chi connectivity index (χ1) is 10.3. The third-order valence-electron chi connectivity index (χ3n) is 3.06. The molecule has 0 bridgehead atoms. The minimum Gasteiger partial charge on any atom is -0.454 e. The fraction of sp³-hybridized carbons (Fsp3) is 0.188. The lowest BCUT2D eigenvalue weighted by atomic mass is 10.2. The Morgan fingerprint density at radius 1 is 1.19 bits per heavy atom. The number of aryl methyl sites for hydroxylation is 1. The molecule has 0 fully saturated rings. The smallest absolute Gasteiger partial charge is 0.357 e. The SMILES string of the molecule is CCc1nc(COC(=O)c2ccc3ccccc3n2)cs1. The van der Waals surface area contributed by atoms with Crippen LogP contribution < -0.4 is 0 Å². The van der Waals surface area contributed by atoms with Crippen molar-refractivity contribution in [2.45, 2.75) is 20.0 Å². The number of hydrogen-bond donors (Lipinski definition) is 0. The Balaban J connectivity index is 1.71. The fourth-order valence-corrected chi connectivity index (χ4v) is 2.70. The van der Waals surface area contributed by atoms with Crippen molar-refractivity contribution in [3.63, 3.8) is 0 Å². The van der Waals surface area contributed by atoms with E-state index in [0.29, 0.717) is 5.69 Å². The molecule has 5 heteroatoms. The van der Waals surface area contributed by atoms with E-state index in [1.165, 1.54) is 0 Å². The van der Waals surface area contributed by atoms with Gasteiger partial charge in [0.25, 0.3) is 0 Å². The Labute approximate surface area is 126 Å². The highest BCUT2D eigenvalue weighted by molar-refractivity contribution is 7.09. The first-order valence-electron chi connectivity index (χ1n) is 6.72. The normalized spacial score (nSPS) is 10.7. The minimum atomic E-state index is -0.424. The summed E-state index contributed by atoms with van der Waals surface area (Å²) < 4.78 is 5.26. The Morgan fingerprint density at radius 3 is 2.86 bits per heavy atom. The van der Waals surface area contributed by atoms with Gasteiger partial charge >= 0.3 is 5.97 Å². The summed E-state index contributed by atoms with van der Waals surface area (Å²) in [6.45, 7) is 2.23. The summed E-state index contributed by atoms with van der Waals surface area (Å²) in [7, 11) is 0. The van der Waals surface area contributed by atoms with Crippen LogP contribution in [0.3, 0.4) is 0 Å². The van der Waals surface area contributed by atoms with Gasteiger partial charge in [-0.1, -0.05) is 31.2 Å². The van der Waals surface area contributed by atoms with E-state index in [4.69, 9.17) is 4.74 Å². The molecular weight excluding hydrogens is 284 g/mol. The molecule has 0 saturated heterocycles. The quantitative estimate of drug-likeness (QED) is 0.690. The number of fused-ring (bicyclic) bond motifs is 1. The molecule has 4 nitrogen and oxygen atoms in total. The zero-order valence-electron chi connectivity index (χ0n) is 11.6. The molecule has 106 valence electrons. The maximum absolute atomic E-state index is 12.0. The van der Waals surface area contributed by atoms with Gasteiger partial charge in [0.05, 0.1) is 16.2 Å². The van der Waals surface area contributed by atoms with E-state index in [2.05, 4.69) is 9.97 Å². The van der Waals surface area contributed by atoms with Crippen molar-refractivity contribution in [1.29, 1.82) is 0 Å². The molecule has 3 aromatic rings. The molecule has 21 heavy (non-hydrogen) atoms. The number of nitrogens with zero attached hydrogens (tertiary/aromatic N) is 2. The fourth-order valence-electron chi connectivity index (χ4n) is 1.97. The van der Waals surface area contributed by atoms with Crippen molar-refractivity contribution < 1.29 is 9.53 Å². The van der Waals surface area contributed by atoms with Gasteiger partial charge in [0.15, 0.2) is 0 Å². The third-order valence-corrected chi connectivity index (χ3v) is 4.10. The van der Waals surface area contributed by atoms with Gasteiger partial charge in [-0.05, 0) is 18.6 Å². The van der Waals surface area contributed by atoms with Crippen LogP contribution in [0, 0.1) is 0 Å². The van der Waals surface area contributed by atoms with E-state index < -0.39 is 5.97 Å². The number of benzene rings is 1. The lowest BCUT2D eigenvalue weighted by Crippen LogP contribution is -2.07. The van der Waals surface area contributed by atoms with Crippen LogP contribution >= 0.6 is 11.3 Å². The van der Waals surface area contributed by atoms with E-state index in [1.807, 2.05) is 42.6 Å². The lowest BCUT2D eigenvalue weighted by Gasteiger charge is -2.03. The van der Waals surface area contributed by atoms with Crippen LogP contribution in [-0.2, 0) is 17.8 Å². The van der Waals surface area contributed by atoms with Crippen LogP contribution in [0.4, 0.5) is 0 Å². The van der Waals surface area contributed by atoms with Gasteiger partial charge in [-0.2, -0.15) is 0 Å². The van der Waals surface area contributed by atoms with Gasteiger partial charge in [-0.3, -0.25) is 0 Å². The van der Waals surface area contributed by atoms with Crippen LogP contribution in [0.5, 0.6) is 0 Å². The zero-order chi connectivity index (χ0) is 14.7. The Hall–Kier alpha value is -2.27. The summed E-state index contributed by atoms with van der Waals surface area (Å²) in [6, 6.07) is 11.2. The Morgan fingerprint density at radius 2 is 2.05 bits per heavy atom. The number of aromatic nitrogens is 2. The van der Waals surface area contributed by atoms with E-state index in [1.54, 1.807) is 17.4 Å². The molecule has 1 aromatic carbocycles. The molecule has 2 heterocycles. The molecule has 0 aliphatic carbocycles. The van der Waals surface area contributed by atoms with Crippen molar-refractivity contribution in [1.82, 2.24) is 9.97 Å². The second-order valence-corrected chi connectivity index (χ2v) is 5.49. The molecule has 0 unspecified atom stereocenters. The molecule has 0 amide bonds. The van der Waals surface area contributed by atoms with Gasteiger partial charge in [0, 0.05) is 10.8 Å². The van der Waals surface area contributed by atoms with Crippen molar-refractivity contribution in [2.24, 2.45) is 0 Å². The molecule has 3 rings (SSSR count). The number of esters is 1. The second kappa shape index (κ2) is 6.01. The second-order valence-electron chi connectivity index (χ2n) is 4.55. The molecule has 0 saturated carbocycles. The van der Waals surface area contributed by atoms with Crippen molar-refractivity contribution in [3.8, 4) is 0 Å². The lowest BCUT2D eigenvalue weighted by molar-refractivity contribution is 0.0462. The van der Waals surface area contributed by atoms with Crippen LogP contribution in [0.2, 0.25) is 0 Å². The molecule has 0 aliphatic heterocycles. The molecule has 0 radical (unpaired) electrons. The number of ether oxygens (including phenoxy) is 1. The summed E-state index contributed by atoms with van der Waals surface area (Å²) >= 11 is 1.58. The standard InChI is InChI=1S/C16H14N2O2S/c1-2-15-17-12(10-21-15)9-20-16(19)14-8-7-11-5-3-4-6-13(11)18-14/h3-8,10H,2,9H2,1H3. The first-order valence-corrected chi connectivity index (χ1v) is 7.60. The van der Waals surface area contributed by atoms with Crippen molar-refractivity contribution in [3.05, 3.63) is 58.2 Å². The maximum atomic E-state index is 12.0. The van der Waals surface area contributed by atoms with E-state index in [-0.39, 0.29) is 6.61 Å². The molecule has 2 aromatic heterocycles. The largest absolute Gasteiger partial charge is 0.454 e. The average Bonchev–Trinajstić information content (AvgIpc) is 3.00. The van der Waals surface area contributed by atoms with Gasteiger partial charge in [-0.25, -0.2) is 14.8 Å². The van der Waals surface area contributed by atoms with E-state index >= 15 is 0 Å². The maximum Gasteiger partial charge on any atom is 0.357 e. The monoisotopic (exact) mass is 298 g/mol. The first kappa shape index (κ1) is 13.7. The number of thiazole rings is 1. The Bertz CT molecular complexity index is 783. The van der Waals surface area contributed by atoms with Crippen molar-refractivity contribution >= 4 is 28.2 Å². The summed E-state index contributed by atoms with van der Waals surface area (Å²) in [5, 5.41) is 3.96. The van der Waals surface area contributed by atoms with Gasteiger partial charge < -0.3 is 4.74 Å². The highest BCUT2D eigenvalue weighted by Crippen LogP contribution is 2.14. The number of hydrogen-bond acceptors (Lipinski definition) is 5. The minimum absolute atomic E-state index is 0.184. The molecule has 0 N–H and O–H groups in total. The summed E-state index contributed by atoms with van der Waals surface area (Å²) in [5.41, 5.74) is 1.89. The third kappa shape index (κ3) is 3.08. The van der Waals surface area contributed by atoms with Crippen LogP contribution in [0.25, 0.3) is 10.9 Å². The highest BCUT2D eigenvalue weighted by atomic mass is 32.1. The molecule has 0 aliphatic rings. The molecule has 0 spiro atoms. The van der Waals surface area contributed by atoms with Gasteiger partial charge in [0.1, 0.15) is 12.3 Å². The van der Waals surface area contributed by atoms with Crippen LogP contribution in [0.15, 0.2) is 41.8 Å². The molecule has 0 atom stereocenters. The number of carbonyl (C=O) groups is 1. The van der Waals surface area contributed by atoms with E-state index in [9.17, 15) is 4.79 Å².